The van der Waals surface area contributed by atoms with Crippen LogP contribution in [-0.2, 0) is 6.54 Å². The summed E-state index contributed by atoms with van der Waals surface area (Å²) in [5.41, 5.74) is 0. The number of anilines is 1. The third kappa shape index (κ3) is 3.02. The van der Waals surface area contributed by atoms with Gasteiger partial charge in [-0.2, -0.15) is 0 Å². The summed E-state index contributed by atoms with van der Waals surface area (Å²) in [5.74, 6) is 1.44. The molecule has 2 aliphatic rings. The van der Waals surface area contributed by atoms with E-state index in [1.165, 1.54) is 38.5 Å². The first-order valence-electron chi connectivity index (χ1n) is 7.13. The fourth-order valence-corrected chi connectivity index (χ4v) is 2.67. The monoisotopic (exact) mass is 250 g/mol. The van der Waals surface area contributed by atoms with Gasteiger partial charge in [-0.05, 0) is 38.5 Å². The van der Waals surface area contributed by atoms with Crippen LogP contribution in [0.3, 0.4) is 0 Å². The number of aromatic nitrogens is 2. The van der Waals surface area contributed by atoms with Crippen LogP contribution in [0.5, 0.6) is 0 Å². The Hall–Kier alpha value is -1.10. The standard InChI is InChI=1S/C13H22N4O/c1-9(10-4-2-3-5-10)15-13-17-16-12(18-13)8-14-11-6-7-11/h9-11,14H,2-8H2,1H3,(H,15,17). The van der Waals surface area contributed by atoms with Crippen molar-refractivity contribution < 1.29 is 4.42 Å². The molecule has 100 valence electrons. The van der Waals surface area contributed by atoms with Crippen LogP contribution in [-0.4, -0.2) is 22.3 Å². The van der Waals surface area contributed by atoms with Crippen molar-refractivity contribution in [3.8, 4) is 0 Å². The Morgan fingerprint density at radius 2 is 2.00 bits per heavy atom. The molecule has 2 fully saturated rings. The van der Waals surface area contributed by atoms with Crippen LogP contribution in [0.4, 0.5) is 6.01 Å². The first kappa shape index (κ1) is 12.0. The van der Waals surface area contributed by atoms with Gasteiger partial charge in [0, 0.05) is 12.1 Å². The molecular formula is C13H22N4O. The van der Waals surface area contributed by atoms with E-state index in [2.05, 4.69) is 27.8 Å². The van der Waals surface area contributed by atoms with Crippen molar-refractivity contribution in [3.05, 3.63) is 5.89 Å². The summed E-state index contributed by atoms with van der Waals surface area (Å²) in [7, 11) is 0. The van der Waals surface area contributed by atoms with Gasteiger partial charge >= 0.3 is 6.01 Å². The van der Waals surface area contributed by atoms with Gasteiger partial charge in [0.15, 0.2) is 0 Å². The van der Waals surface area contributed by atoms with Crippen LogP contribution in [0, 0.1) is 5.92 Å². The zero-order chi connectivity index (χ0) is 12.4. The number of nitrogens with zero attached hydrogens (tertiary/aromatic N) is 2. The van der Waals surface area contributed by atoms with Crippen molar-refractivity contribution in [1.29, 1.82) is 0 Å². The lowest BCUT2D eigenvalue weighted by Crippen LogP contribution is -2.23. The van der Waals surface area contributed by atoms with Crippen molar-refractivity contribution in [1.82, 2.24) is 15.5 Å². The molecule has 1 heterocycles. The van der Waals surface area contributed by atoms with E-state index in [0.717, 1.165) is 5.92 Å². The maximum absolute atomic E-state index is 5.60. The molecule has 1 aromatic rings. The van der Waals surface area contributed by atoms with Gasteiger partial charge in [0.25, 0.3) is 0 Å². The smallest absolute Gasteiger partial charge is 0.315 e. The molecular weight excluding hydrogens is 228 g/mol. The highest BCUT2D eigenvalue weighted by molar-refractivity contribution is 5.19. The van der Waals surface area contributed by atoms with E-state index < -0.39 is 0 Å². The van der Waals surface area contributed by atoms with Crippen LogP contribution in [0.25, 0.3) is 0 Å². The van der Waals surface area contributed by atoms with Crippen molar-refractivity contribution in [2.45, 2.75) is 64.1 Å². The fourth-order valence-electron chi connectivity index (χ4n) is 2.67. The van der Waals surface area contributed by atoms with Gasteiger partial charge in [-0.3, -0.25) is 0 Å². The van der Waals surface area contributed by atoms with E-state index in [4.69, 9.17) is 4.42 Å². The van der Waals surface area contributed by atoms with Crippen molar-refractivity contribution in [3.63, 3.8) is 0 Å². The minimum absolute atomic E-state index is 0.428. The lowest BCUT2D eigenvalue weighted by Gasteiger charge is -2.18. The number of nitrogens with one attached hydrogen (secondary N) is 2. The molecule has 2 saturated carbocycles. The number of hydrogen-bond acceptors (Lipinski definition) is 5. The second-order valence-electron chi connectivity index (χ2n) is 5.63. The Labute approximate surface area is 108 Å². The highest BCUT2D eigenvalue weighted by Gasteiger charge is 2.23. The summed E-state index contributed by atoms with van der Waals surface area (Å²) in [6.07, 6.45) is 7.90. The maximum Gasteiger partial charge on any atom is 0.315 e. The average molecular weight is 250 g/mol. The Morgan fingerprint density at radius 1 is 1.22 bits per heavy atom. The molecule has 5 nitrogen and oxygen atoms in total. The Kier molecular flexibility index (Phi) is 3.50. The minimum atomic E-state index is 0.428. The normalized spacial score (nSPS) is 22.3. The Balaban J connectivity index is 1.48. The number of hydrogen-bond donors (Lipinski definition) is 2. The van der Waals surface area contributed by atoms with Gasteiger partial charge in [0.2, 0.25) is 5.89 Å². The van der Waals surface area contributed by atoms with E-state index >= 15 is 0 Å². The molecule has 0 radical (unpaired) electrons. The zero-order valence-corrected chi connectivity index (χ0v) is 11.0. The summed E-state index contributed by atoms with van der Waals surface area (Å²) < 4.78 is 5.60. The van der Waals surface area contributed by atoms with Crippen LogP contribution in [0.1, 0.15) is 51.3 Å². The minimum Gasteiger partial charge on any atom is -0.407 e. The molecule has 1 aromatic heterocycles. The van der Waals surface area contributed by atoms with Crippen LogP contribution < -0.4 is 10.6 Å². The van der Waals surface area contributed by atoms with E-state index in [-0.39, 0.29) is 0 Å². The second-order valence-corrected chi connectivity index (χ2v) is 5.63. The van der Waals surface area contributed by atoms with Gasteiger partial charge in [-0.1, -0.05) is 17.9 Å². The summed E-state index contributed by atoms with van der Waals surface area (Å²) >= 11 is 0. The molecule has 2 N–H and O–H groups in total. The van der Waals surface area contributed by atoms with Crippen LogP contribution in [0.2, 0.25) is 0 Å². The average Bonchev–Trinajstić information content (AvgIpc) is 2.88. The molecule has 0 saturated heterocycles. The quantitative estimate of drug-likeness (QED) is 0.811. The Morgan fingerprint density at radius 3 is 2.72 bits per heavy atom. The molecule has 2 aliphatic carbocycles. The molecule has 0 spiro atoms. The zero-order valence-electron chi connectivity index (χ0n) is 11.0. The van der Waals surface area contributed by atoms with Crippen LogP contribution in [0.15, 0.2) is 4.42 Å². The fraction of sp³-hybridized carbons (Fsp3) is 0.846. The molecule has 3 rings (SSSR count). The molecule has 0 aromatic carbocycles. The summed E-state index contributed by atoms with van der Waals surface area (Å²) in [6, 6.07) is 1.67. The predicted molar refractivity (Wildman–Crippen MR) is 69.2 cm³/mol. The van der Waals surface area contributed by atoms with Gasteiger partial charge in [-0.15, -0.1) is 5.10 Å². The summed E-state index contributed by atoms with van der Waals surface area (Å²) in [5, 5.41) is 14.8. The van der Waals surface area contributed by atoms with E-state index in [1.807, 2.05) is 0 Å². The molecule has 5 heteroatoms. The number of rotatable bonds is 6. The first-order valence-corrected chi connectivity index (χ1v) is 7.13. The lowest BCUT2D eigenvalue weighted by molar-refractivity contribution is 0.443. The molecule has 0 amide bonds. The molecule has 0 aliphatic heterocycles. The van der Waals surface area contributed by atoms with Crippen molar-refractivity contribution >= 4 is 6.01 Å². The van der Waals surface area contributed by atoms with E-state index in [1.54, 1.807) is 0 Å². The summed E-state index contributed by atoms with van der Waals surface area (Å²) in [4.78, 5) is 0. The molecule has 1 atom stereocenters. The third-order valence-corrected chi connectivity index (χ3v) is 4.04. The maximum atomic E-state index is 5.60. The van der Waals surface area contributed by atoms with Gasteiger partial charge in [-0.25, -0.2) is 0 Å². The highest BCUT2D eigenvalue weighted by Crippen LogP contribution is 2.29. The second kappa shape index (κ2) is 5.26. The van der Waals surface area contributed by atoms with Gasteiger partial charge in [0.05, 0.1) is 6.54 Å². The van der Waals surface area contributed by atoms with E-state index in [9.17, 15) is 0 Å². The molecule has 18 heavy (non-hydrogen) atoms. The molecule has 1 unspecified atom stereocenters. The predicted octanol–water partition coefficient (Wildman–Crippen LogP) is 2.31. The first-order chi connectivity index (χ1) is 8.81. The lowest BCUT2D eigenvalue weighted by atomic mass is 10.0. The Bertz CT molecular complexity index is 382. The van der Waals surface area contributed by atoms with Gasteiger partial charge in [0.1, 0.15) is 0 Å². The highest BCUT2D eigenvalue weighted by atomic mass is 16.4. The van der Waals surface area contributed by atoms with Crippen molar-refractivity contribution in [2.24, 2.45) is 5.92 Å². The molecule has 0 bridgehead atoms. The summed E-state index contributed by atoms with van der Waals surface area (Å²) in [6.45, 7) is 2.90. The third-order valence-electron chi connectivity index (χ3n) is 4.04. The van der Waals surface area contributed by atoms with E-state index in [0.29, 0.717) is 30.5 Å². The largest absolute Gasteiger partial charge is 0.407 e. The van der Waals surface area contributed by atoms with Gasteiger partial charge < -0.3 is 15.1 Å². The van der Waals surface area contributed by atoms with Crippen LogP contribution >= 0.6 is 0 Å². The van der Waals surface area contributed by atoms with Crippen molar-refractivity contribution in [2.75, 3.05) is 5.32 Å². The SMILES string of the molecule is CC(Nc1nnc(CNC2CC2)o1)C1CCCC1. The topological polar surface area (TPSA) is 63.0 Å².